The molecular formula is C29H19IrN8. The molecule has 0 aliphatic carbocycles. The van der Waals surface area contributed by atoms with Crippen LogP contribution in [0.15, 0.2) is 116 Å². The molecule has 8 nitrogen and oxygen atoms in total. The molecule has 0 aliphatic rings. The Labute approximate surface area is 233 Å². The second-order valence-electron chi connectivity index (χ2n) is 7.23. The molecule has 0 amide bonds. The van der Waals surface area contributed by atoms with E-state index < -0.39 is 0 Å². The fourth-order valence-corrected chi connectivity index (χ4v) is 2.99. The summed E-state index contributed by atoms with van der Waals surface area (Å²) in [6.07, 6.45) is 5.03. The zero-order chi connectivity index (χ0) is 25.5. The fraction of sp³-hybridized carbons (Fsp3) is 0. The van der Waals surface area contributed by atoms with Gasteiger partial charge in [-0.15, -0.1) is 71.8 Å². The van der Waals surface area contributed by atoms with Gasteiger partial charge in [-0.3, -0.25) is 15.3 Å². The number of rotatable bonds is 3. The summed E-state index contributed by atoms with van der Waals surface area (Å²) in [5.74, 6) is 0.365. The van der Waals surface area contributed by atoms with E-state index in [1.165, 1.54) is 6.20 Å². The van der Waals surface area contributed by atoms with Crippen LogP contribution in [0.2, 0.25) is 0 Å². The van der Waals surface area contributed by atoms with Crippen LogP contribution in [0.1, 0.15) is 5.56 Å². The minimum absolute atomic E-state index is 0. The number of nitriles is 1. The number of nitrogens with zero attached hydrogens (tertiary/aromatic N) is 8. The quantitative estimate of drug-likeness (QED) is 0.245. The molecule has 0 bridgehead atoms. The molecule has 0 aliphatic heterocycles. The largest absolute Gasteiger partial charge is 3.00 e. The average molecular weight is 672 g/mol. The third-order valence-electron chi connectivity index (χ3n) is 4.74. The molecule has 0 radical (unpaired) electrons. The van der Waals surface area contributed by atoms with Gasteiger partial charge in [0.2, 0.25) is 0 Å². The molecule has 0 spiro atoms. The monoisotopic (exact) mass is 672 g/mol. The summed E-state index contributed by atoms with van der Waals surface area (Å²) in [5, 5.41) is 22.4. The second-order valence-corrected chi connectivity index (χ2v) is 7.23. The van der Waals surface area contributed by atoms with E-state index in [-0.39, 0.29) is 20.1 Å². The third-order valence-corrected chi connectivity index (χ3v) is 4.74. The van der Waals surface area contributed by atoms with Gasteiger partial charge in [0.15, 0.2) is 0 Å². The Morgan fingerprint density at radius 3 is 1.66 bits per heavy atom. The maximum Gasteiger partial charge on any atom is 3.00 e. The Morgan fingerprint density at radius 2 is 1.26 bits per heavy atom. The zero-order valence-electron chi connectivity index (χ0n) is 19.9. The van der Waals surface area contributed by atoms with Crippen molar-refractivity contribution in [3.8, 4) is 40.1 Å². The third kappa shape index (κ3) is 8.35. The van der Waals surface area contributed by atoms with E-state index in [0.29, 0.717) is 17.1 Å². The molecule has 0 N–H and O–H groups in total. The zero-order valence-corrected chi connectivity index (χ0v) is 22.3. The van der Waals surface area contributed by atoms with Crippen molar-refractivity contribution < 1.29 is 20.1 Å². The van der Waals surface area contributed by atoms with Crippen LogP contribution in [0.4, 0.5) is 0 Å². The molecule has 6 rings (SSSR count). The molecule has 0 atom stereocenters. The van der Waals surface area contributed by atoms with Gasteiger partial charge in [0, 0.05) is 18.6 Å². The number of hydrogen-bond acceptors (Lipinski definition) is 7. The first-order chi connectivity index (χ1) is 18.3. The summed E-state index contributed by atoms with van der Waals surface area (Å²) in [4.78, 5) is 12.4. The molecule has 0 saturated heterocycles. The van der Waals surface area contributed by atoms with Crippen LogP contribution >= 0.6 is 0 Å². The van der Waals surface area contributed by atoms with Crippen molar-refractivity contribution in [2.75, 3.05) is 0 Å². The van der Waals surface area contributed by atoms with E-state index in [2.05, 4.69) is 47.7 Å². The first-order valence-electron chi connectivity index (χ1n) is 11.1. The van der Waals surface area contributed by atoms with Crippen molar-refractivity contribution in [2.45, 2.75) is 0 Å². The summed E-state index contributed by atoms with van der Waals surface area (Å²) in [7, 11) is 0. The Hall–Kier alpha value is -4.90. The average Bonchev–Trinajstić information content (AvgIpc) is 3.55. The standard InChI is InChI=1S/2C11H8N.C7H3N6.Ir/c2*1-2-6-10(7-3-1)11-8-4-5-9-12-11;8-3-5-1-2-6(9-4-5)7-10-12-13-11-7;/h2*1-6,8-9H;1-2,4H;/q3*-1;+3. The van der Waals surface area contributed by atoms with Crippen LogP contribution in [0, 0.1) is 23.5 Å². The molecule has 4 aromatic heterocycles. The first kappa shape index (κ1) is 27.7. The van der Waals surface area contributed by atoms with Gasteiger partial charge in [-0.1, -0.05) is 24.3 Å². The van der Waals surface area contributed by atoms with E-state index >= 15 is 0 Å². The van der Waals surface area contributed by atoms with Crippen molar-refractivity contribution in [2.24, 2.45) is 0 Å². The van der Waals surface area contributed by atoms with Crippen LogP contribution in [-0.2, 0) is 20.1 Å². The van der Waals surface area contributed by atoms with Gasteiger partial charge in [-0.05, 0) is 35.7 Å². The molecule has 4 heterocycles. The van der Waals surface area contributed by atoms with Gasteiger partial charge in [-0.2, -0.15) is 10.5 Å². The van der Waals surface area contributed by atoms with Gasteiger partial charge in [0.05, 0.1) is 17.1 Å². The molecule has 6 aromatic rings. The molecule has 0 unspecified atom stereocenters. The Bertz CT molecular complexity index is 1340. The maximum atomic E-state index is 8.51. The predicted molar refractivity (Wildman–Crippen MR) is 138 cm³/mol. The van der Waals surface area contributed by atoms with Crippen molar-refractivity contribution in [3.05, 3.63) is 133 Å². The topological polar surface area (TPSA) is 115 Å². The molecule has 9 heteroatoms. The number of tetrazole rings is 1. The van der Waals surface area contributed by atoms with Crippen molar-refractivity contribution in [3.63, 3.8) is 0 Å². The van der Waals surface area contributed by atoms with E-state index in [0.717, 1.165) is 22.5 Å². The van der Waals surface area contributed by atoms with Crippen LogP contribution < -0.4 is 5.10 Å². The minimum Gasteiger partial charge on any atom is -0.329 e. The summed E-state index contributed by atoms with van der Waals surface area (Å²) in [6, 6.07) is 38.9. The molecular weight excluding hydrogens is 653 g/mol. The van der Waals surface area contributed by atoms with Gasteiger partial charge < -0.3 is 15.1 Å². The van der Waals surface area contributed by atoms with Crippen LogP contribution in [-0.4, -0.2) is 30.5 Å². The van der Waals surface area contributed by atoms with Crippen molar-refractivity contribution in [1.82, 2.24) is 35.6 Å². The van der Waals surface area contributed by atoms with Crippen LogP contribution in [0.3, 0.4) is 0 Å². The molecule has 38 heavy (non-hydrogen) atoms. The van der Waals surface area contributed by atoms with Gasteiger partial charge in [-0.25, -0.2) is 0 Å². The second kappa shape index (κ2) is 15.3. The first-order valence-corrected chi connectivity index (χ1v) is 11.1. The summed E-state index contributed by atoms with van der Waals surface area (Å²) >= 11 is 0. The molecule has 2 aromatic carbocycles. The Balaban J connectivity index is 0.000000156. The number of benzene rings is 2. The van der Waals surface area contributed by atoms with Crippen LogP contribution in [0.25, 0.3) is 34.0 Å². The number of aromatic nitrogens is 7. The van der Waals surface area contributed by atoms with Gasteiger partial charge in [0.25, 0.3) is 0 Å². The van der Waals surface area contributed by atoms with Crippen molar-refractivity contribution in [1.29, 1.82) is 5.26 Å². The van der Waals surface area contributed by atoms with E-state index in [4.69, 9.17) is 5.26 Å². The normalized spacial score (nSPS) is 9.34. The minimum atomic E-state index is 0. The summed E-state index contributed by atoms with van der Waals surface area (Å²) in [5.41, 5.74) is 5.08. The smallest absolute Gasteiger partial charge is 0.329 e. The number of pyridine rings is 3. The molecule has 184 valence electrons. The molecule has 0 fully saturated rings. The fourth-order valence-electron chi connectivity index (χ4n) is 2.99. The summed E-state index contributed by atoms with van der Waals surface area (Å²) < 4.78 is 0. The van der Waals surface area contributed by atoms with Gasteiger partial charge >= 0.3 is 20.1 Å². The van der Waals surface area contributed by atoms with E-state index in [1.54, 1.807) is 24.5 Å². The predicted octanol–water partition coefficient (Wildman–Crippen LogP) is 4.86. The molecule has 0 saturated carbocycles. The van der Waals surface area contributed by atoms with E-state index in [9.17, 15) is 0 Å². The maximum absolute atomic E-state index is 8.51. The van der Waals surface area contributed by atoms with Gasteiger partial charge in [0.1, 0.15) is 6.07 Å². The summed E-state index contributed by atoms with van der Waals surface area (Å²) in [6.45, 7) is 0. The SMILES string of the molecule is N#Cc1ccc(-c2nnn[n-]2)nc1.[Ir+3].[c-]1ccccc1-c1ccccn1.[c-]1ccccc1-c1ccccn1. The Kier molecular flexibility index (Phi) is 11.1. The van der Waals surface area contributed by atoms with Crippen molar-refractivity contribution >= 4 is 0 Å². The van der Waals surface area contributed by atoms with Crippen LogP contribution in [0.5, 0.6) is 0 Å². The number of hydrogen-bond donors (Lipinski definition) is 0. The Morgan fingerprint density at radius 1 is 0.658 bits per heavy atom. The van der Waals surface area contributed by atoms with E-state index in [1.807, 2.05) is 91.0 Å².